The molecule has 0 bridgehead atoms. The lowest BCUT2D eigenvalue weighted by atomic mass is 10.1. The van der Waals surface area contributed by atoms with Crippen LogP contribution in [0, 0.1) is 0 Å². The largest absolute Gasteiger partial charge is 0.502 e. The molecule has 3 rings (SSSR count). The molecule has 0 spiro atoms. The van der Waals surface area contributed by atoms with E-state index in [4.69, 9.17) is 18.9 Å². The molecule has 0 radical (unpaired) electrons. The summed E-state index contributed by atoms with van der Waals surface area (Å²) < 4.78 is 23.0. The van der Waals surface area contributed by atoms with Crippen LogP contribution < -0.4 is 23.7 Å². The van der Waals surface area contributed by atoms with Gasteiger partial charge in [0, 0.05) is 23.6 Å². The summed E-state index contributed by atoms with van der Waals surface area (Å²) in [5.41, 5.74) is 2.30. The first kappa shape index (κ1) is 21.3. The van der Waals surface area contributed by atoms with E-state index in [9.17, 15) is 5.11 Å². The molecule has 0 aliphatic carbocycles. The highest BCUT2D eigenvalue weighted by atomic mass is 32.1. The molecule has 1 aromatic heterocycles. The normalized spacial score (nSPS) is 11.7. The lowest BCUT2D eigenvalue weighted by Gasteiger charge is -2.11. The van der Waals surface area contributed by atoms with E-state index in [2.05, 4.69) is 10.1 Å². The van der Waals surface area contributed by atoms with E-state index in [-0.39, 0.29) is 5.75 Å². The molecule has 0 atom stereocenters. The van der Waals surface area contributed by atoms with Gasteiger partial charge in [0.1, 0.15) is 11.5 Å². The van der Waals surface area contributed by atoms with Crippen molar-refractivity contribution < 1.29 is 24.1 Å². The first-order chi connectivity index (χ1) is 14.6. The van der Waals surface area contributed by atoms with Gasteiger partial charge in [-0.15, -0.1) is 11.3 Å². The van der Waals surface area contributed by atoms with E-state index in [1.807, 2.05) is 23.6 Å². The standard InChI is InChI=1S/C21H23N3O5S/c1-22-21-24(23-11-13-8-18(28-4)20(25)19(9-13)29-5)16(12-30-21)15-10-14(26-2)6-7-17(15)27-3/h6-12,25H,1-5H3. The molecule has 0 aliphatic heterocycles. The molecule has 1 N–H and O–H groups in total. The molecule has 0 amide bonds. The van der Waals surface area contributed by atoms with Crippen molar-refractivity contribution in [1.29, 1.82) is 0 Å². The van der Waals surface area contributed by atoms with Crippen LogP contribution in [0.1, 0.15) is 5.56 Å². The van der Waals surface area contributed by atoms with Crippen molar-refractivity contribution in [1.82, 2.24) is 4.68 Å². The molecule has 30 heavy (non-hydrogen) atoms. The minimum Gasteiger partial charge on any atom is -0.502 e. The third-order valence-corrected chi connectivity index (χ3v) is 5.29. The second kappa shape index (κ2) is 9.36. The number of nitrogens with zero attached hydrogens (tertiary/aromatic N) is 3. The summed E-state index contributed by atoms with van der Waals surface area (Å²) in [6.07, 6.45) is 1.64. The van der Waals surface area contributed by atoms with E-state index < -0.39 is 0 Å². The summed E-state index contributed by atoms with van der Waals surface area (Å²) in [6.45, 7) is 0. The third kappa shape index (κ3) is 4.11. The van der Waals surface area contributed by atoms with Crippen LogP contribution >= 0.6 is 11.3 Å². The fraction of sp³-hybridized carbons (Fsp3) is 0.238. The average molecular weight is 429 g/mol. The zero-order valence-corrected chi connectivity index (χ0v) is 18.2. The van der Waals surface area contributed by atoms with Crippen LogP contribution in [0.3, 0.4) is 0 Å². The number of hydrogen-bond acceptors (Lipinski definition) is 8. The van der Waals surface area contributed by atoms with Gasteiger partial charge in [0.15, 0.2) is 11.5 Å². The molecule has 0 unspecified atom stereocenters. The zero-order valence-electron chi connectivity index (χ0n) is 17.4. The molecule has 9 heteroatoms. The van der Waals surface area contributed by atoms with Crippen molar-refractivity contribution in [2.24, 2.45) is 10.1 Å². The van der Waals surface area contributed by atoms with Crippen molar-refractivity contribution >= 4 is 17.6 Å². The van der Waals surface area contributed by atoms with Gasteiger partial charge in [0.2, 0.25) is 10.6 Å². The van der Waals surface area contributed by atoms with Crippen molar-refractivity contribution in [3.63, 3.8) is 0 Å². The fourth-order valence-electron chi connectivity index (χ4n) is 2.87. The predicted octanol–water partition coefficient (Wildman–Crippen LogP) is 3.37. The SMILES string of the molecule is CN=c1scc(-c2cc(OC)ccc2OC)n1N=Cc1cc(OC)c(O)c(OC)c1. The monoisotopic (exact) mass is 429 g/mol. The Balaban J connectivity index is 2.13. The highest BCUT2D eigenvalue weighted by Gasteiger charge is 2.14. The summed E-state index contributed by atoms with van der Waals surface area (Å²) in [5.74, 6) is 1.91. The molecule has 0 aliphatic rings. The lowest BCUT2D eigenvalue weighted by Crippen LogP contribution is -2.12. The molecule has 0 saturated carbocycles. The topological polar surface area (TPSA) is 86.8 Å². The maximum absolute atomic E-state index is 10.1. The quantitative estimate of drug-likeness (QED) is 0.582. The van der Waals surface area contributed by atoms with E-state index in [1.54, 1.807) is 44.3 Å². The van der Waals surface area contributed by atoms with Gasteiger partial charge >= 0.3 is 0 Å². The van der Waals surface area contributed by atoms with Gasteiger partial charge in [-0.1, -0.05) is 0 Å². The highest BCUT2D eigenvalue weighted by Crippen LogP contribution is 2.37. The number of ether oxygens (including phenoxy) is 4. The Hall–Kier alpha value is -3.46. The average Bonchev–Trinajstić information content (AvgIpc) is 3.20. The minimum atomic E-state index is -0.0635. The van der Waals surface area contributed by atoms with Crippen LogP contribution in [0.15, 0.2) is 45.8 Å². The summed E-state index contributed by atoms with van der Waals surface area (Å²) in [4.78, 5) is 5.01. The van der Waals surface area contributed by atoms with Crippen molar-refractivity contribution in [3.05, 3.63) is 46.1 Å². The second-order valence-electron chi connectivity index (χ2n) is 6.02. The van der Waals surface area contributed by atoms with Crippen LogP contribution in [0.4, 0.5) is 0 Å². The van der Waals surface area contributed by atoms with Gasteiger partial charge < -0.3 is 24.1 Å². The number of phenolic OH excluding ortho intramolecular Hbond substituents is 1. The Morgan fingerprint density at radius 1 is 0.933 bits per heavy atom. The molecule has 0 fully saturated rings. The molecule has 8 nitrogen and oxygen atoms in total. The van der Waals surface area contributed by atoms with E-state index in [0.29, 0.717) is 33.4 Å². The van der Waals surface area contributed by atoms with Crippen LogP contribution in [0.25, 0.3) is 11.3 Å². The molecule has 3 aromatic rings. The van der Waals surface area contributed by atoms with Gasteiger partial charge in [0.05, 0.1) is 40.3 Å². The second-order valence-corrected chi connectivity index (χ2v) is 6.86. The lowest BCUT2D eigenvalue weighted by molar-refractivity contribution is 0.340. The van der Waals surface area contributed by atoms with Gasteiger partial charge in [0.25, 0.3) is 0 Å². The number of aromatic nitrogens is 1. The third-order valence-electron chi connectivity index (χ3n) is 4.38. The Morgan fingerprint density at radius 2 is 1.60 bits per heavy atom. The number of benzene rings is 2. The van der Waals surface area contributed by atoms with E-state index in [1.165, 1.54) is 25.6 Å². The molecule has 0 saturated heterocycles. The smallest absolute Gasteiger partial charge is 0.205 e. The van der Waals surface area contributed by atoms with Gasteiger partial charge in [-0.05, 0) is 30.3 Å². The van der Waals surface area contributed by atoms with Crippen molar-refractivity contribution in [3.8, 4) is 40.0 Å². The summed E-state index contributed by atoms with van der Waals surface area (Å²) in [5, 5.41) is 16.7. The highest BCUT2D eigenvalue weighted by molar-refractivity contribution is 7.07. The molecular formula is C21H23N3O5S. The van der Waals surface area contributed by atoms with Crippen molar-refractivity contribution in [2.75, 3.05) is 35.5 Å². The number of aromatic hydroxyl groups is 1. The number of rotatable bonds is 7. The van der Waals surface area contributed by atoms with Crippen LogP contribution in [0.2, 0.25) is 0 Å². The molecule has 1 heterocycles. The number of phenols is 1. The first-order valence-electron chi connectivity index (χ1n) is 8.91. The molecular weight excluding hydrogens is 406 g/mol. The Bertz CT molecular complexity index is 1110. The summed E-state index contributed by atoms with van der Waals surface area (Å²) in [7, 11) is 7.89. The number of methoxy groups -OCH3 is 4. The molecule has 158 valence electrons. The van der Waals surface area contributed by atoms with Gasteiger partial charge in [-0.3, -0.25) is 4.99 Å². The van der Waals surface area contributed by atoms with Crippen molar-refractivity contribution in [2.45, 2.75) is 0 Å². The number of hydrogen-bond donors (Lipinski definition) is 1. The summed E-state index contributed by atoms with van der Waals surface area (Å²) >= 11 is 1.45. The first-order valence-corrected chi connectivity index (χ1v) is 9.79. The fourth-order valence-corrected chi connectivity index (χ4v) is 3.67. The molecule has 2 aromatic carbocycles. The zero-order chi connectivity index (χ0) is 21.7. The minimum absolute atomic E-state index is 0.0635. The summed E-state index contributed by atoms with van der Waals surface area (Å²) in [6, 6.07) is 8.91. The van der Waals surface area contributed by atoms with Gasteiger partial charge in [-0.2, -0.15) is 5.10 Å². The number of thiazole rings is 1. The van der Waals surface area contributed by atoms with Crippen LogP contribution in [-0.2, 0) is 0 Å². The Kier molecular flexibility index (Phi) is 6.63. The van der Waals surface area contributed by atoms with Crippen LogP contribution in [-0.4, -0.2) is 51.5 Å². The predicted molar refractivity (Wildman–Crippen MR) is 117 cm³/mol. The van der Waals surface area contributed by atoms with E-state index >= 15 is 0 Å². The Labute approximate surface area is 178 Å². The maximum atomic E-state index is 10.1. The van der Waals surface area contributed by atoms with Crippen LogP contribution in [0.5, 0.6) is 28.7 Å². The maximum Gasteiger partial charge on any atom is 0.205 e. The van der Waals surface area contributed by atoms with E-state index in [0.717, 1.165) is 11.3 Å². The van der Waals surface area contributed by atoms with Gasteiger partial charge in [-0.25, -0.2) is 4.68 Å². The Morgan fingerprint density at radius 3 is 2.17 bits per heavy atom.